The van der Waals surface area contributed by atoms with E-state index in [4.69, 9.17) is 0 Å². The van der Waals surface area contributed by atoms with Crippen molar-refractivity contribution in [2.45, 2.75) is 39.0 Å². The summed E-state index contributed by atoms with van der Waals surface area (Å²) in [5.41, 5.74) is 2.09. The summed E-state index contributed by atoms with van der Waals surface area (Å²) in [6.45, 7) is 3.45. The molecular weight excluding hydrogens is 436 g/mol. The maximum absolute atomic E-state index is 13.1. The van der Waals surface area contributed by atoms with Crippen molar-refractivity contribution in [1.29, 1.82) is 0 Å². The lowest BCUT2D eigenvalue weighted by Gasteiger charge is -2.12. The van der Waals surface area contributed by atoms with Crippen molar-refractivity contribution in [3.05, 3.63) is 35.1 Å². The third-order valence-electron chi connectivity index (χ3n) is 3.79. The average molecular weight is 465 g/mol. The Kier molecular flexibility index (Phi) is 13.1. The Balaban J connectivity index is 0.00000576. The Bertz CT molecular complexity index is 553. The minimum atomic E-state index is -0.200. The van der Waals surface area contributed by atoms with Crippen molar-refractivity contribution >= 4 is 35.9 Å². The molecule has 25 heavy (non-hydrogen) atoms. The number of carbonyl (C=O) groups excluding carboxylic acids is 1. The molecule has 0 amide bonds. The normalized spacial score (nSPS) is 10.8. The summed E-state index contributed by atoms with van der Waals surface area (Å²) in [6, 6.07) is 4.87. The van der Waals surface area contributed by atoms with Crippen LogP contribution in [0.1, 0.15) is 36.8 Å². The topological polar surface area (TPSA) is 62.7 Å². The molecule has 0 heterocycles. The highest BCUT2D eigenvalue weighted by atomic mass is 127. The van der Waals surface area contributed by atoms with Gasteiger partial charge >= 0.3 is 5.97 Å². The highest BCUT2D eigenvalue weighted by molar-refractivity contribution is 14.0. The largest absolute Gasteiger partial charge is 0.469 e. The summed E-state index contributed by atoms with van der Waals surface area (Å²) in [5, 5.41) is 6.49. The number of unbranched alkanes of at least 4 members (excludes halogenated alkanes) is 2. The number of methoxy groups -OCH3 is 1. The summed E-state index contributed by atoms with van der Waals surface area (Å²) in [5.74, 6) is 0.396. The van der Waals surface area contributed by atoms with E-state index >= 15 is 0 Å². The molecule has 0 saturated carbocycles. The van der Waals surface area contributed by atoms with E-state index < -0.39 is 0 Å². The van der Waals surface area contributed by atoms with E-state index in [1.807, 2.05) is 13.0 Å². The number of aryl methyl sites for hydroxylation is 1. The number of benzene rings is 1. The molecule has 5 nitrogen and oxygen atoms in total. The number of nitrogens with zero attached hydrogens (tertiary/aromatic N) is 1. The Morgan fingerprint density at radius 1 is 1.20 bits per heavy atom. The zero-order chi connectivity index (χ0) is 17.8. The minimum absolute atomic E-state index is 0. The fourth-order valence-electron chi connectivity index (χ4n) is 2.36. The van der Waals surface area contributed by atoms with Crippen molar-refractivity contribution in [2.24, 2.45) is 4.99 Å². The van der Waals surface area contributed by atoms with Crippen LogP contribution in [-0.2, 0) is 16.0 Å². The number of rotatable bonds is 9. The van der Waals surface area contributed by atoms with Gasteiger partial charge in [0.1, 0.15) is 5.82 Å². The number of halogens is 2. The number of carbonyl (C=O) groups is 1. The molecule has 0 unspecified atom stereocenters. The summed E-state index contributed by atoms with van der Waals surface area (Å²) in [6.07, 6.45) is 4.05. The van der Waals surface area contributed by atoms with Gasteiger partial charge in [0, 0.05) is 26.6 Å². The molecular formula is C18H29FIN3O2. The smallest absolute Gasteiger partial charge is 0.305 e. The van der Waals surface area contributed by atoms with E-state index in [0.717, 1.165) is 55.9 Å². The van der Waals surface area contributed by atoms with Gasteiger partial charge in [-0.2, -0.15) is 0 Å². The van der Waals surface area contributed by atoms with E-state index in [1.165, 1.54) is 13.2 Å². The van der Waals surface area contributed by atoms with Crippen LogP contribution in [0.15, 0.2) is 23.2 Å². The molecule has 0 aliphatic rings. The van der Waals surface area contributed by atoms with E-state index in [9.17, 15) is 9.18 Å². The lowest BCUT2D eigenvalue weighted by atomic mass is 10.1. The van der Waals surface area contributed by atoms with Crippen LogP contribution in [0.2, 0.25) is 0 Å². The van der Waals surface area contributed by atoms with Crippen LogP contribution >= 0.6 is 24.0 Å². The predicted molar refractivity (Wildman–Crippen MR) is 110 cm³/mol. The number of nitrogens with one attached hydrogen (secondary N) is 2. The maximum atomic E-state index is 13.1. The number of esters is 1. The summed E-state index contributed by atoms with van der Waals surface area (Å²) in [7, 11) is 3.14. The molecule has 0 atom stereocenters. The molecule has 0 fully saturated rings. The molecule has 0 bridgehead atoms. The second-order valence-corrected chi connectivity index (χ2v) is 5.63. The SMILES string of the molecule is CN=C(NCCCCCC(=O)OC)NCCc1ccc(F)cc1C.I. The molecule has 0 aliphatic heterocycles. The first kappa shape index (κ1) is 23.6. The third kappa shape index (κ3) is 10.3. The number of ether oxygens (including phenoxy) is 1. The molecule has 0 spiro atoms. The quantitative estimate of drug-likeness (QED) is 0.193. The minimum Gasteiger partial charge on any atom is -0.469 e. The van der Waals surface area contributed by atoms with Gasteiger partial charge < -0.3 is 15.4 Å². The third-order valence-corrected chi connectivity index (χ3v) is 3.79. The fraction of sp³-hybridized carbons (Fsp3) is 0.556. The number of guanidine groups is 1. The van der Waals surface area contributed by atoms with Crippen LogP contribution in [0.4, 0.5) is 4.39 Å². The molecule has 0 aromatic heterocycles. The van der Waals surface area contributed by atoms with E-state index in [-0.39, 0.29) is 35.8 Å². The van der Waals surface area contributed by atoms with Gasteiger partial charge in [-0.25, -0.2) is 4.39 Å². The monoisotopic (exact) mass is 465 g/mol. The Morgan fingerprint density at radius 3 is 2.56 bits per heavy atom. The van der Waals surface area contributed by atoms with Gasteiger partial charge in [-0.3, -0.25) is 9.79 Å². The van der Waals surface area contributed by atoms with Gasteiger partial charge in [0.2, 0.25) is 0 Å². The molecule has 1 aromatic carbocycles. The highest BCUT2D eigenvalue weighted by Crippen LogP contribution is 2.10. The van der Waals surface area contributed by atoms with Crippen LogP contribution in [-0.4, -0.2) is 39.2 Å². The standard InChI is InChI=1S/C18H28FN3O2.HI/c1-14-13-16(19)9-8-15(14)10-12-22-18(20-2)21-11-6-4-5-7-17(23)24-3;/h8-9,13H,4-7,10-12H2,1-3H3,(H2,20,21,22);1H. The Labute approximate surface area is 166 Å². The highest BCUT2D eigenvalue weighted by Gasteiger charge is 2.02. The molecule has 142 valence electrons. The Morgan fingerprint density at radius 2 is 1.92 bits per heavy atom. The molecule has 0 aliphatic carbocycles. The zero-order valence-corrected chi connectivity index (χ0v) is 17.6. The molecule has 1 rings (SSSR count). The van der Waals surface area contributed by atoms with Crippen LogP contribution < -0.4 is 10.6 Å². The van der Waals surface area contributed by atoms with E-state index in [0.29, 0.717) is 6.42 Å². The molecule has 0 saturated heterocycles. The lowest BCUT2D eigenvalue weighted by Crippen LogP contribution is -2.38. The van der Waals surface area contributed by atoms with Crippen LogP contribution in [0.5, 0.6) is 0 Å². The second kappa shape index (κ2) is 13.9. The van der Waals surface area contributed by atoms with Crippen molar-refractivity contribution < 1.29 is 13.9 Å². The van der Waals surface area contributed by atoms with Gasteiger partial charge in [-0.15, -0.1) is 24.0 Å². The van der Waals surface area contributed by atoms with Crippen molar-refractivity contribution in [3.63, 3.8) is 0 Å². The van der Waals surface area contributed by atoms with Crippen molar-refractivity contribution in [3.8, 4) is 0 Å². The summed E-state index contributed by atoms with van der Waals surface area (Å²) >= 11 is 0. The predicted octanol–water partition coefficient (Wildman–Crippen LogP) is 3.19. The van der Waals surface area contributed by atoms with Gasteiger partial charge in [0.25, 0.3) is 0 Å². The molecule has 0 radical (unpaired) electrons. The summed E-state index contributed by atoms with van der Waals surface area (Å²) < 4.78 is 17.7. The molecule has 7 heteroatoms. The zero-order valence-electron chi connectivity index (χ0n) is 15.2. The van der Waals surface area contributed by atoms with Crippen molar-refractivity contribution in [1.82, 2.24) is 10.6 Å². The first-order valence-corrected chi connectivity index (χ1v) is 8.33. The second-order valence-electron chi connectivity index (χ2n) is 5.63. The molecule has 2 N–H and O–H groups in total. The first-order chi connectivity index (χ1) is 11.6. The fourth-order valence-corrected chi connectivity index (χ4v) is 2.36. The average Bonchev–Trinajstić information content (AvgIpc) is 2.57. The lowest BCUT2D eigenvalue weighted by molar-refractivity contribution is -0.140. The van der Waals surface area contributed by atoms with Gasteiger partial charge in [0.15, 0.2) is 5.96 Å². The number of aliphatic imine (C=N–C) groups is 1. The summed E-state index contributed by atoms with van der Waals surface area (Å²) in [4.78, 5) is 15.2. The van der Waals surface area contributed by atoms with E-state index in [1.54, 1.807) is 13.1 Å². The maximum Gasteiger partial charge on any atom is 0.305 e. The van der Waals surface area contributed by atoms with Crippen molar-refractivity contribution in [2.75, 3.05) is 27.2 Å². The van der Waals surface area contributed by atoms with Gasteiger partial charge in [0.05, 0.1) is 7.11 Å². The number of hydrogen-bond donors (Lipinski definition) is 2. The van der Waals surface area contributed by atoms with Crippen LogP contribution in [0.25, 0.3) is 0 Å². The van der Waals surface area contributed by atoms with Crippen LogP contribution in [0, 0.1) is 12.7 Å². The van der Waals surface area contributed by atoms with Crippen LogP contribution in [0.3, 0.4) is 0 Å². The number of hydrogen-bond acceptors (Lipinski definition) is 3. The van der Waals surface area contributed by atoms with Gasteiger partial charge in [-0.1, -0.05) is 12.5 Å². The van der Waals surface area contributed by atoms with Gasteiger partial charge in [-0.05, 0) is 49.4 Å². The molecule has 1 aromatic rings. The van der Waals surface area contributed by atoms with E-state index in [2.05, 4.69) is 20.4 Å². The Hall–Kier alpha value is -1.38. The first-order valence-electron chi connectivity index (χ1n) is 8.33.